The highest BCUT2D eigenvalue weighted by Crippen LogP contribution is 2.13. The molecule has 0 unspecified atom stereocenters. The van der Waals surface area contributed by atoms with Crippen molar-refractivity contribution in [3.8, 4) is 5.88 Å². The summed E-state index contributed by atoms with van der Waals surface area (Å²) in [6.45, 7) is 0. The molecule has 1 amide bonds. The van der Waals surface area contributed by atoms with Crippen LogP contribution in [0.5, 0.6) is 5.88 Å². The topological polar surface area (TPSA) is 141 Å². The molecule has 0 fully saturated rings. The van der Waals surface area contributed by atoms with Gasteiger partial charge in [-0.15, -0.1) is 0 Å². The molecule has 0 radical (unpaired) electrons. The van der Waals surface area contributed by atoms with Crippen molar-refractivity contribution in [1.82, 2.24) is 9.97 Å². The number of amides is 1. The maximum absolute atomic E-state index is 11.9. The molecule has 0 saturated carbocycles. The van der Waals surface area contributed by atoms with Crippen molar-refractivity contribution < 1.29 is 19.4 Å². The Kier molecular flexibility index (Phi) is 4.07. The van der Waals surface area contributed by atoms with E-state index in [1.807, 2.05) is 9.97 Å². The Morgan fingerprint density at radius 3 is 2.32 bits per heavy atom. The van der Waals surface area contributed by atoms with E-state index in [4.69, 9.17) is 0 Å². The smallest absolute Gasteiger partial charge is 0.337 e. The predicted molar refractivity (Wildman–Crippen MR) is 75.1 cm³/mol. The molecule has 0 bridgehead atoms. The minimum atomic E-state index is -1.02. The molecule has 0 aliphatic rings. The molecule has 2 rings (SSSR count). The van der Waals surface area contributed by atoms with Crippen LogP contribution in [0.2, 0.25) is 0 Å². The van der Waals surface area contributed by atoms with E-state index in [1.54, 1.807) is 0 Å². The first-order valence-electron chi connectivity index (χ1n) is 5.97. The first-order chi connectivity index (χ1) is 10.4. The standard InChI is InChI=1S/C13H11N3O6/c1-22-12(20)6-2-4-7(5-3-6)14-9(17)8-10(18)15-13(21)16-11(8)19/h2-5H,1H3,(H,14,17)(H3,15,16,18,19,21). The maximum atomic E-state index is 11.9. The number of esters is 1. The van der Waals surface area contributed by atoms with Crippen molar-refractivity contribution in [2.24, 2.45) is 0 Å². The lowest BCUT2D eigenvalue weighted by molar-refractivity contribution is 0.0600. The summed E-state index contributed by atoms with van der Waals surface area (Å²) in [6, 6.07) is 5.67. The third-order valence-electron chi connectivity index (χ3n) is 2.71. The molecule has 9 nitrogen and oxygen atoms in total. The van der Waals surface area contributed by atoms with Gasteiger partial charge in [0.2, 0.25) is 5.88 Å². The van der Waals surface area contributed by atoms with Gasteiger partial charge in [0.1, 0.15) is 0 Å². The zero-order valence-corrected chi connectivity index (χ0v) is 11.3. The summed E-state index contributed by atoms with van der Waals surface area (Å²) in [4.78, 5) is 49.4. The van der Waals surface area contributed by atoms with E-state index in [9.17, 15) is 24.3 Å². The minimum Gasteiger partial charge on any atom is -0.494 e. The van der Waals surface area contributed by atoms with Gasteiger partial charge in [-0.25, -0.2) is 9.59 Å². The predicted octanol–water partition coefficient (Wildman–Crippen LogP) is -0.192. The Morgan fingerprint density at radius 2 is 1.77 bits per heavy atom. The number of aromatic amines is 2. The maximum Gasteiger partial charge on any atom is 0.337 e. The minimum absolute atomic E-state index is 0.280. The molecule has 0 aliphatic carbocycles. The van der Waals surface area contributed by atoms with Gasteiger partial charge in [0, 0.05) is 5.69 Å². The van der Waals surface area contributed by atoms with Crippen molar-refractivity contribution in [2.45, 2.75) is 0 Å². The second kappa shape index (κ2) is 5.95. The molecular formula is C13H11N3O6. The van der Waals surface area contributed by atoms with E-state index in [0.29, 0.717) is 0 Å². The molecule has 0 aliphatic heterocycles. The van der Waals surface area contributed by atoms with Gasteiger partial charge in [-0.05, 0) is 24.3 Å². The van der Waals surface area contributed by atoms with Gasteiger partial charge in [0.25, 0.3) is 11.5 Å². The van der Waals surface area contributed by atoms with Crippen LogP contribution in [-0.2, 0) is 4.74 Å². The zero-order valence-electron chi connectivity index (χ0n) is 11.3. The number of aromatic nitrogens is 2. The second-order valence-corrected chi connectivity index (χ2v) is 4.15. The molecule has 1 heterocycles. The number of H-pyrrole nitrogens is 2. The lowest BCUT2D eigenvalue weighted by atomic mass is 10.2. The average molecular weight is 305 g/mol. The van der Waals surface area contributed by atoms with Crippen LogP contribution >= 0.6 is 0 Å². The van der Waals surface area contributed by atoms with Crippen molar-refractivity contribution in [3.63, 3.8) is 0 Å². The molecule has 114 valence electrons. The molecule has 1 aromatic carbocycles. The summed E-state index contributed by atoms with van der Waals surface area (Å²) >= 11 is 0. The lowest BCUT2D eigenvalue weighted by Crippen LogP contribution is -2.30. The van der Waals surface area contributed by atoms with Gasteiger partial charge >= 0.3 is 11.7 Å². The van der Waals surface area contributed by atoms with Crippen LogP contribution in [-0.4, -0.2) is 34.1 Å². The third-order valence-corrected chi connectivity index (χ3v) is 2.71. The van der Waals surface area contributed by atoms with Crippen molar-refractivity contribution in [3.05, 3.63) is 56.2 Å². The van der Waals surface area contributed by atoms with Gasteiger partial charge in [-0.2, -0.15) is 0 Å². The molecule has 4 N–H and O–H groups in total. The van der Waals surface area contributed by atoms with Gasteiger partial charge < -0.3 is 15.2 Å². The molecule has 9 heteroatoms. The highest BCUT2D eigenvalue weighted by atomic mass is 16.5. The van der Waals surface area contributed by atoms with Crippen LogP contribution in [0.1, 0.15) is 20.7 Å². The lowest BCUT2D eigenvalue weighted by Gasteiger charge is -2.06. The van der Waals surface area contributed by atoms with Crippen molar-refractivity contribution in [2.75, 3.05) is 12.4 Å². The fraction of sp³-hybridized carbons (Fsp3) is 0.0769. The number of nitrogens with one attached hydrogen (secondary N) is 3. The molecule has 0 saturated heterocycles. The summed E-state index contributed by atoms with van der Waals surface area (Å²) in [5.74, 6) is -2.29. The Morgan fingerprint density at radius 1 is 1.14 bits per heavy atom. The van der Waals surface area contributed by atoms with Crippen LogP contribution < -0.4 is 16.6 Å². The van der Waals surface area contributed by atoms with Crippen LogP contribution in [0.25, 0.3) is 0 Å². The molecule has 2 aromatic rings. The molecular weight excluding hydrogens is 294 g/mol. The first kappa shape index (κ1) is 15.0. The normalized spacial score (nSPS) is 10.0. The highest BCUT2D eigenvalue weighted by molar-refractivity contribution is 6.05. The van der Waals surface area contributed by atoms with Crippen molar-refractivity contribution >= 4 is 17.6 Å². The summed E-state index contributed by atoms with van der Waals surface area (Å²) in [6.07, 6.45) is 0. The number of carbonyl (C=O) groups excluding carboxylic acids is 2. The Labute approximate surface area is 122 Å². The summed E-state index contributed by atoms with van der Waals surface area (Å²) < 4.78 is 4.53. The third kappa shape index (κ3) is 3.03. The number of hydrogen-bond acceptors (Lipinski definition) is 6. The van der Waals surface area contributed by atoms with Crippen molar-refractivity contribution in [1.29, 1.82) is 0 Å². The van der Waals surface area contributed by atoms with Gasteiger partial charge in [0.15, 0.2) is 5.56 Å². The van der Waals surface area contributed by atoms with Gasteiger partial charge in [0.05, 0.1) is 12.7 Å². The molecule has 0 spiro atoms. The van der Waals surface area contributed by atoms with E-state index in [0.717, 1.165) is 0 Å². The first-order valence-corrected chi connectivity index (χ1v) is 5.97. The fourth-order valence-corrected chi connectivity index (χ4v) is 1.69. The number of hydrogen-bond donors (Lipinski definition) is 4. The molecule has 0 atom stereocenters. The quantitative estimate of drug-likeness (QED) is 0.579. The second-order valence-electron chi connectivity index (χ2n) is 4.15. The largest absolute Gasteiger partial charge is 0.494 e. The van der Waals surface area contributed by atoms with E-state index in [2.05, 4.69) is 10.1 Å². The molecule has 1 aromatic heterocycles. The van der Waals surface area contributed by atoms with Crippen LogP contribution in [0.15, 0.2) is 33.9 Å². The molecule has 22 heavy (non-hydrogen) atoms. The SMILES string of the molecule is COC(=O)c1ccc(NC(=O)c2c(O)[nH]c(=O)[nH]c2=O)cc1. The number of rotatable bonds is 3. The number of ether oxygens (including phenoxy) is 1. The number of carbonyl (C=O) groups is 2. The number of aromatic hydroxyl groups is 1. The Hall–Kier alpha value is -3.36. The summed E-state index contributed by atoms with van der Waals surface area (Å²) in [5, 5.41) is 11.8. The van der Waals surface area contributed by atoms with E-state index in [-0.39, 0.29) is 11.3 Å². The Balaban J connectivity index is 2.24. The van der Waals surface area contributed by atoms with Crippen LogP contribution in [0.3, 0.4) is 0 Å². The van der Waals surface area contributed by atoms with E-state index >= 15 is 0 Å². The summed E-state index contributed by atoms with van der Waals surface area (Å²) in [5.41, 5.74) is -2.02. The number of benzene rings is 1. The Bertz CT molecular complexity index is 834. The van der Waals surface area contributed by atoms with E-state index in [1.165, 1.54) is 31.4 Å². The van der Waals surface area contributed by atoms with Gasteiger partial charge in [-0.3, -0.25) is 19.6 Å². The zero-order chi connectivity index (χ0) is 16.3. The highest BCUT2D eigenvalue weighted by Gasteiger charge is 2.17. The number of methoxy groups -OCH3 is 1. The monoisotopic (exact) mass is 305 g/mol. The van der Waals surface area contributed by atoms with Gasteiger partial charge in [-0.1, -0.05) is 0 Å². The fourth-order valence-electron chi connectivity index (χ4n) is 1.69. The average Bonchev–Trinajstić information content (AvgIpc) is 2.46. The van der Waals surface area contributed by atoms with Crippen LogP contribution in [0.4, 0.5) is 5.69 Å². The van der Waals surface area contributed by atoms with E-state index < -0.39 is 34.6 Å². The van der Waals surface area contributed by atoms with Crippen LogP contribution in [0, 0.1) is 0 Å². The number of anilines is 1. The summed E-state index contributed by atoms with van der Waals surface area (Å²) in [7, 11) is 1.24.